The third kappa shape index (κ3) is 5.56. The monoisotopic (exact) mass is 357 g/mol. The van der Waals surface area contributed by atoms with E-state index in [1.165, 1.54) is 50.0 Å². The van der Waals surface area contributed by atoms with Crippen molar-refractivity contribution in [3.05, 3.63) is 65.5 Å². The maximum absolute atomic E-state index is 13.4. The first kappa shape index (κ1) is 18.4. The first-order chi connectivity index (χ1) is 12.7. The number of halogens is 1. The van der Waals surface area contributed by atoms with Gasteiger partial charge in [-0.15, -0.1) is 0 Å². The molecule has 0 bridgehead atoms. The molecule has 0 radical (unpaired) electrons. The van der Waals surface area contributed by atoms with E-state index < -0.39 is 5.82 Å². The number of benzene rings is 2. The summed E-state index contributed by atoms with van der Waals surface area (Å²) in [6.45, 7) is 3.84. The van der Waals surface area contributed by atoms with Crippen LogP contribution < -0.4 is 15.0 Å². The van der Waals surface area contributed by atoms with Crippen molar-refractivity contribution in [2.45, 2.75) is 32.4 Å². The van der Waals surface area contributed by atoms with Crippen molar-refractivity contribution in [3.63, 3.8) is 0 Å². The number of hydrogen-bond acceptors (Lipinski definition) is 2. The molecule has 5 heteroatoms. The molecule has 0 spiro atoms. The summed E-state index contributed by atoms with van der Waals surface area (Å²) in [5.41, 5.74) is 2.38. The van der Waals surface area contributed by atoms with Crippen LogP contribution in [0.25, 0.3) is 0 Å². The van der Waals surface area contributed by atoms with Gasteiger partial charge in [0.1, 0.15) is 6.54 Å². The minimum absolute atomic E-state index is 0.0900. The van der Waals surface area contributed by atoms with Crippen LogP contribution in [0.3, 0.4) is 0 Å². The Morgan fingerprint density at radius 3 is 2.42 bits per heavy atom. The molecule has 1 amide bonds. The third-order valence-corrected chi connectivity index (χ3v) is 4.72. The van der Waals surface area contributed by atoms with Gasteiger partial charge in [0.25, 0.3) is 5.91 Å². The molecule has 2 N–H and O–H groups in total. The molecule has 3 rings (SSSR count). The second-order valence-corrected chi connectivity index (χ2v) is 6.80. The molecule has 0 unspecified atom stereocenters. The smallest absolute Gasteiger partial charge is 0.258 e. The van der Waals surface area contributed by atoms with Gasteiger partial charge in [0.2, 0.25) is 0 Å². The van der Waals surface area contributed by atoms with Gasteiger partial charge in [-0.25, -0.2) is 4.39 Å². The lowest BCUT2D eigenvalue weighted by molar-refractivity contribution is -0.918. The highest BCUT2D eigenvalue weighted by molar-refractivity contribution is 5.77. The molecule has 0 saturated carbocycles. The van der Waals surface area contributed by atoms with Crippen molar-refractivity contribution in [2.75, 3.05) is 19.7 Å². The SMILES string of the molecule is O=C(COc1ccccc1F)NCc1ccc(C[NH+]2CCCCC2)cc1. The van der Waals surface area contributed by atoms with E-state index in [1.807, 2.05) is 0 Å². The van der Waals surface area contributed by atoms with Crippen molar-refractivity contribution in [1.82, 2.24) is 5.32 Å². The Labute approximate surface area is 154 Å². The van der Waals surface area contributed by atoms with Crippen molar-refractivity contribution in [2.24, 2.45) is 0 Å². The molecule has 4 nitrogen and oxygen atoms in total. The number of likely N-dealkylation sites (tertiary alicyclic amines) is 1. The van der Waals surface area contributed by atoms with E-state index in [4.69, 9.17) is 4.74 Å². The standard InChI is InChI=1S/C21H25FN2O2/c22-19-6-2-3-7-20(19)26-16-21(25)23-14-17-8-10-18(11-9-17)15-24-12-4-1-5-13-24/h2-3,6-11H,1,4-5,12-16H2,(H,23,25)/p+1. The Morgan fingerprint density at radius 2 is 1.69 bits per heavy atom. The fourth-order valence-corrected chi connectivity index (χ4v) is 3.25. The van der Waals surface area contributed by atoms with Crippen LogP contribution in [0.4, 0.5) is 4.39 Å². The van der Waals surface area contributed by atoms with Crippen LogP contribution in [-0.4, -0.2) is 25.6 Å². The highest BCUT2D eigenvalue weighted by atomic mass is 19.1. The Hall–Kier alpha value is -2.40. The van der Waals surface area contributed by atoms with Crippen LogP contribution in [0.15, 0.2) is 48.5 Å². The second kappa shape index (κ2) is 9.34. The lowest BCUT2D eigenvalue weighted by Gasteiger charge is -2.23. The van der Waals surface area contributed by atoms with Crippen LogP contribution in [0.2, 0.25) is 0 Å². The van der Waals surface area contributed by atoms with E-state index in [1.54, 1.807) is 17.0 Å². The molecule has 1 aliphatic heterocycles. The molecule has 1 aliphatic rings. The molecule has 26 heavy (non-hydrogen) atoms. The average Bonchev–Trinajstić information content (AvgIpc) is 2.68. The second-order valence-electron chi connectivity index (χ2n) is 6.80. The van der Waals surface area contributed by atoms with Gasteiger partial charge in [-0.3, -0.25) is 4.79 Å². The first-order valence-corrected chi connectivity index (χ1v) is 9.26. The molecule has 138 valence electrons. The number of hydrogen-bond donors (Lipinski definition) is 2. The third-order valence-electron chi connectivity index (χ3n) is 4.72. The van der Waals surface area contributed by atoms with E-state index in [0.29, 0.717) is 6.54 Å². The topological polar surface area (TPSA) is 42.8 Å². The summed E-state index contributed by atoms with van der Waals surface area (Å²) in [5.74, 6) is -0.644. The van der Waals surface area contributed by atoms with E-state index in [-0.39, 0.29) is 18.3 Å². The van der Waals surface area contributed by atoms with E-state index >= 15 is 0 Å². The normalized spacial score (nSPS) is 14.8. The molecule has 1 saturated heterocycles. The number of carbonyl (C=O) groups is 1. The summed E-state index contributed by atoms with van der Waals surface area (Å²) >= 11 is 0. The Morgan fingerprint density at radius 1 is 1.00 bits per heavy atom. The number of quaternary nitrogens is 1. The van der Waals surface area contributed by atoms with Crippen LogP contribution in [0, 0.1) is 5.82 Å². The molecule has 0 aliphatic carbocycles. The van der Waals surface area contributed by atoms with Crippen LogP contribution >= 0.6 is 0 Å². The summed E-state index contributed by atoms with van der Waals surface area (Å²) < 4.78 is 18.6. The summed E-state index contributed by atoms with van der Waals surface area (Å²) in [7, 11) is 0. The predicted molar refractivity (Wildman–Crippen MR) is 98.4 cm³/mol. The highest BCUT2D eigenvalue weighted by Gasteiger charge is 2.13. The summed E-state index contributed by atoms with van der Waals surface area (Å²) in [6.07, 6.45) is 4.02. The van der Waals surface area contributed by atoms with Crippen molar-refractivity contribution in [1.29, 1.82) is 0 Å². The molecule has 0 aromatic heterocycles. The van der Waals surface area contributed by atoms with Gasteiger partial charge in [0, 0.05) is 12.1 Å². The number of nitrogens with one attached hydrogen (secondary N) is 2. The average molecular weight is 357 g/mol. The summed E-state index contributed by atoms with van der Waals surface area (Å²) in [4.78, 5) is 13.5. The van der Waals surface area contributed by atoms with Crippen LogP contribution in [-0.2, 0) is 17.9 Å². The first-order valence-electron chi connectivity index (χ1n) is 9.26. The van der Waals surface area contributed by atoms with Gasteiger partial charge in [-0.05, 0) is 37.0 Å². The number of piperidine rings is 1. The van der Waals surface area contributed by atoms with Crippen molar-refractivity contribution in [3.8, 4) is 5.75 Å². The lowest BCUT2D eigenvalue weighted by atomic mass is 10.1. The molecular formula is C21H26FN2O2+. The Kier molecular flexibility index (Phi) is 6.61. The maximum atomic E-state index is 13.4. The van der Waals surface area contributed by atoms with Gasteiger partial charge < -0.3 is 15.0 Å². The maximum Gasteiger partial charge on any atom is 0.258 e. The minimum Gasteiger partial charge on any atom is -0.481 e. The largest absolute Gasteiger partial charge is 0.481 e. The number of rotatable bonds is 7. The van der Waals surface area contributed by atoms with E-state index in [0.717, 1.165) is 12.1 Å². The fraction of sp³-hybridized carbons (Fsp3) is 0.381. The van der Waals surface area contributed by atoms with Crippen molar-refractivity contribution < 1.29 is 18.8 Å². The summed E-state index contributed by atoms with van der Waals surface area (Å²) in [5, 5.41) is 2.80. The lowest BCUT2D eigenvalue weighted by Crippen LogP contribution is -3.11. The zero-order chi connectivity index (χ0) is 18.2. The van der Waals surface area contributed by atoms with Crippen LogP contribution in [0.5, 0.6) is 5.75 Å². The van der Waals surface area contributed by atoms with Gasteiger partial charge in [-0.2, -0.15) is 0 Å². The van der Waals surface area contributed by atoms with Gasteiger partial charge in [0.15, 0.2) is 18.2 Å². The molecule has 1 heterocycles. The van der Waals surface area contributed by atoms with E-state index in [9.17, 15) is 9.18 Å². The zero-order valence-electron chi connectivity index (χ0n) is 15.0. The van der Waals surface area contributed by atoms with E-state index in [2.05, 4.69) is 29.6 Å². The van der Waals surface area contributed by atoms with Gasteiger partial charge in [0.05, 0.1) is 13.1 Å². The molecular weight excluding hydrogens is 331 g/mol. The van der Waals surface area contributed by atoms with Gasteiger partial charge >= 0.3 is 0 Å². The Balaban J connectivity index is 1.41. The Bertz CT molecular complexity index is 712. The summed E-state index contributed by atoms with van der Waals surface area (Å²) in [6, 6.07) is 14.4. The number of amides is 1. The predicted octanol–water partition coefficient (Wildman–Crippen LogP) is 2.09. The number of carbonyl (C=O) groups excluding carboxylic acids is 1. The van der Waals surface area contributed by atoms with Crippen LogP contribution in [0.1, 0.15) is 30.4 Å². The van der Waals surface area contributed by atoms with Crippen molar-refractivity contribution >= 4 is 5.91 Å². The number of ether oxygens (including phenoxy) is 1. The molecule has 0 atom stereocenters. The zero-order valence-corrected chi connectivity index (χ0v) is 15.0. The number of para-hydroxylation sites is 1. The molecule has 2 aromatic rings. The fourth-order valence-electron chi connectivity index (χ4n) is 3.25. The highest BCUT2D eigenvalue weighted by Crippen LogP contribution is 2.14. The molecule has 2 aromatic carbocycles. The van der Waals surface area contributed by atoms with Gasteiger partial charge in [-0.1, -0.05) is 36.4 Å². The minimum atomic E-state index is -0.466. The molecule has 1 fully saturated rings. The quantitative estimate of drug-likeness (QED) is 0.797.